The second-order valence-corrected chi connectivity index (χ2v) is 7.18. The number of fused-ring (bicyclic) bond motifs is 2. The second kappa shape index (κ2) is 6.76. The number of rotatable bonds is 4. The van der Waals surface area contributed by atoms with E-state index in [1.54, 1.807) is 14.2 Å². The molecule has 2 atom stereocenters. The van der Waals surface area contributed by atoms with Crippen LogP contribution in [0, 0.1) is 11.8 Å². The number of carbonyl (C=O) groups is 2. The molecule has 1 aromatic rings. The number of nitrogens with zero attached hydrogens (tertiary/aromatic N) is 2. The number of likely N-dealkylation sites (tertiary alicyclic amines) is 1. The molecule has 0 N–H and O–H groups in total. The van der Waals surface area contributed by atoms with Crippen molar-refractivity contribution < 1.29 is 19.1 Å². The van der Waals surface area contributed by atoms with Gasteiger partial charge in [-0.2, -0.15) is 0 Å². The van der Waals surface area contributed by atoms with Crippen LogP contribution in [0.4, 0.5) is 0 Å². The first-order valence-corrected chi connectivity index (χ1v) is 9.08. The van der Waals surface area contributed by atoms with Crippen LogP contribution in [0.1, 0.15) is 24.0 Å². The fourth-order valence-electron chi connectivity index (χ4n) is 4.27. The first-order valence-electron chi connectivity index (χ1n) is 9.08. The van der Waals surface area contributed by atoms with Crippen LogP contribution in [0.5, 0.6) is 11.5 Å². The van der Waals surface area contributed by atoms with Gasteiger partial charge in [-0.15, -0.1) is 0 Å². The van der Waals surface area contributed by atoms with Crippen LogP contribution < -0.4 is 9.47 Å². The molecule has 6 nitrogen and oxygen atoms in total. The molecular weight excluding hydrogens is 332 g/mol. The monoisotopic (exact) mass is 356 g/mol. The van der Waals surface area contributed by atoms with Gasteiger partial charge in [-0.1, -0.05) is 12.2 Å². The number of benzene rings is 1. The molecule has 1 saturated heterocycles. The van der Waals surface area contributed by atoms with Gasteiger partial charge in [0.1, 0.15) is 0 Å². The van der Waals surface area contributed by atoms with Crippen molar-refractivity contribution in [3.8, 4) is 11.5 Å². The number of hydrogen-bond acceptors (Lipinski definition) is 5. The van der Waals surface area contributed by atoms with E-state index in [2.05, 4.69) is 4.90 Å². The van der Waals surface area contributed by atoms with Gasteiger partial charge >= 0.3 is 0 Å². The first-order chi connectivity index (χ1) is 12.6. The zero-order valence-corrected chi connectivity index (χ0v) is 15.2. The predicted molar refractivity (Wildman–Crippen MR) is 95.7 cm³/mol. The van der Waals surface area contributed by atoms with Crippen molar-refractivity contribution in [3.63, 3.8) is 0 Å². The number of amides is 2. The van der Waals surface area contributed by atoms with Crippen LogP contribution in [0.15, 0.2) is 24.3 Å². The molecule has 4 rings (SSSR count). The minimum absolute atomic E-state index is 0.0116. The van der Waals surface area contributed by atoms with Gasteiger partial charge in [-0.05, 0) is 42.5 Å². The summed E-state index contributed by atoms with van der Waals surface area (Å²) >= 11 is 0. The third-order valence-corrected chi connectivity index (χ3v) is 5.74. The molecule has 3 aliphatic rings. The summed E-state index contributed by atoms with van der Waals surface area (Å²) in [6.07, 6.45) is 6.27. The fraction of sp³-hybridized carbons (Fsp3) is 0.500. The maximum atomic E-state index is 12.7. The summed E-state index contributed by atoms with van der Waals surface area (Å²) in [5.74, 6) is 1.10. The molecular formula is C20H24N2O4. The Morgan fingerprint density at radius 3 is 2.12 bits per heavy atom. The Morgan fingerprint density at radius 2 is 1.54 bits per heavy atom. The highest BCUT2D eigenvalue weighted by Gasteiger charge is 2.47. The van der Waals surface area contributed by atoms with E-state index in [9.17, 15) is 9.59 Å². The molecule has 0 bridgehead atoms. The molecule has 6 heteroatoms. The van der Waals surface area contributed by atoms with Crippen LogP contribution in [-0.4, -0.2) is 49.0 Å². The number of hydrogen-bond donors (Lipinski definition) is 0. The Bertz CT molecular complexity index is 747. The maximum absolute atomic E-state index is 12.7. The van der Waals surface area contributed by atoms with E-state index in [1.807, 2.05) is 24.3 Å². The van der Waals surface area contributed by atoms with Gasteiger partial charge in [0.25, 0.3) is 0 Å². The van der Waals surface area contributed by atoms with E-state index in [-0.39, 0.29) is 23.7 Å². The number of carbonyl (C=O) groups excluding carboxylic acids is 2. The molecule has 0 radical (unpaired) electrons. The highest BCUT2D eigenvalue weighted by Crippen LogP contribution is 2.36. The summed E-state index contributed by atoms with van der Waals surface area (Å²) in [5.41, 5.74) is 2.39. The normalized spacial score (nSPS) is 25.2. The minimum atomic E-state index is -0.158. The Kier molecular flexibility index (Phi) is 4.44. The Balaban J connectivity index is 1.49. The Labute approximate surface area is 153 Å². The van der Waals surface area contributed by atoms with E-state index >= 15 is 0 Å². The molecule has 26 heavy (non-hydrogen) atoms. The molecule has 2 aliphatic heterocycles. The van der Waals surface area contributed by atoms with Gasteiger partial charge in [0.2, 0.25) is 11.8 Å². The van der Waals surface area contributed by atoms with E-state index in [0.717, 1.165) is 24.3 Å². The van der Waals surface area contributed by atoms with Gasteiger partial charge in [-0.3, -0.25) is 19.4 Å². The second-order valence-electron chi connectivity index (χ2n) is 7.18. The van der Waals surface area contributed by atoms with Crippen molar-refractivity contribution in [2.75, 3.05) is 27.4 Å². The van der Waals surface area contributed by atoms with E-state index < -0.39 is 0 Å². The van der Waals surface area contributed by atoms with Crippen molar-refractivity contribution in [3.05, 3.63) is 35.4 Å². The highest BCUT2D eigenvalue weighted by atomic mass is 16.5. The van der Waals surface area contributed by atoms with Gasteiger partial charge < -0.3 is 9.47 Å². The molecule has 1 aromatic carbocycles. The lowest BCUT2D eigenvalue weighted by Gasteiger charge is -2.32. The average molecular weight is 356 g/mol. The zero-order valence-electron chi connectivity index (χ0n) is 15.2. The fourth-order valence-corrected chi connectivity index (χ4v) is 4.27. The van der Waals surface area contributed by atoms with Gasteiger partial charge in [0.05, 0.1) is 32.7 Å². The zero-order chi connectivity index (χ0) is 18.3. The van der Waals surface area contributed by atoms with Gasteiger partial charge in [0, 0.05) is 13.1 Å². The van der Waals surface area contributed by atoms with Crippen molar-refractivity contribution in [2.45, 2.75) is 25.8 Å². The summed E-state index contributed by atoms with van der Waals surface area (Å²) in [6, 6.07) is 4.02. The van der Waals surface area contributed by atoms with Crippen molar-refractivity contribution in [1.82, 2.24) is 9.80 Å². The van der Waals surface area contributed by atoms with E-state index in [0.29, 0.717) is 31.8 Å². The van der Waals surface area contributed by atoms with Crippen LogP contribution in [-0.2, 0) is 22.6 Å². The lowest BCUT2D eigenvalue weighted by molar-refractivity contribution is -0.142. The summed E-state index contributed by atoms with van der Waals surface area (Å²) < 4.78 is 10.8. The third-order valence-electron chi connectivity index (χ3n) is 5.74. The SMILES string of the molecule is COc1cc2c(cc1OC)CN(CN1C(=O)C3CC=CCC3C1=O)CC2. The topological polar surface area (TPSA) is 59.1 Å². The number of allylic oxidation sites excluding steroid dienone is 2. The summed E-state index contributed by atoms with van der Waals surface area (Å²) in [7, 11) is 3.26. The quantitative estimate of drug-likeness (QED) is 0.610. The van der Waals surface area contributed by atoms with Crippen molar-refractivity contribution >= 4 is 11.8 Å². The lowest BCUT2D eigenvalue weighted by atomic mass is 9.85. The summed E-state index contributed by atoms with van der Waals surface area (Å²) in [4.78, 5) is 29.0. The van der Waals surface area contributed by atoms with Crippen LogP contribution >= 0.6 is 0 Å². The molecule has 138 valence electrons. The summed E-state index contributed by atoms with van der Waals surface area (Å²) in [6.45, 7) is 1.88. The third kappa shape index (κ3) is 2.78. The van der Waals surface area contributed by atoms with Gasteiger partial charge in [0.15, 0.2) is 11.5 Å². The standard InChI is InChI=1S/C20H24N2O4/c1-25-17-9-13-7-8-21(11-14(13)10-18(17)26-2)12-22-19(23)15-5-3-4-6-16(15)20(22)24/h3-4,9-10,15-16H,5-8,11-12H2,1-2H3. The van der Waals surface area contributed by atoms with Crippen molar-refractivity contribution in [1.29, 1.82) is 0 Å². The maximum Gasteiger partial charge on any atom is 0.234 e. The molecule has 0 saturated carbocycles. The smallest absolute Gasteiger partial charge is 0.234 e. The molecule has 0 spiro atoms. The predicted octanol–water partition coefficient (Wildman–Crippen LogP) is 1.97. The largest absolute Gasteiger partial charge is 0.493 e. The first kappa shape index (κ1) is 17.1. The lowest BCUT2D eigenvalue weighted by Crippen LogP contribution is -2.43. The minimum Gasteiger partial charge on any atom is -0.493 e. The van der Waals surface area contributed by atoms with Crippen molar-refractivity contribution in [2.24, 2.45) is 11.8 Å². The average Bonchev–Trinajstić information content (AvgIpc) is 2.92. The van der Waals surface area contributed by atoms with E-state index in [1.165, 1.54) is 10.5 Å². The molecule has 2 unspecified atom stereocenters. The van der Waals surface area contributed by atoms with Crippen LogP contribution in [0.25, 0.3) is 0 Å². The van der Waals surface area contributed by atoms with Crippen LogP contribution in [0.3, 0.4) is 0 Å². The number of ether oxygens (including phenoxy) is 2. The molecule has 1 aliphatic carbocycles. The Hall–Kier alpha value is -2.34. The van der Waals surface area contributed by atoms with Crippen LogP contribution in [0.2, 0.25) is 0 Å². The Morgan fingerprint density at radius 1 is 0.962 bits per heavy atom. The molecule has 2 heterocycles. The number of methoxy groups -OCH3 is 2. The number of imide groups is 1. The molecule has 0 aromatic heterocycles. The summed E-state index contributed by atoms with van der Waals surface area (Å²) in [5, 5.41) is 0. The molecule has 1 fully saturated rings. The highest BCUT2D eigenvalue weighted by molar-refractivity contribution is 6.05. The molecule has 2 amide bonds. The van der Waals surface area contributed by atoms with E-state index in [4.69, 9.17) is 9.47 Å². The van der Waals surface area contributed by atoms with Gasteiger partial charge in [-0.25, -0.2) is 0 Å².